The molecular formula is C27H43BN2O7. The van der Waals surface area contributed by atoms with Crippen LogP contribution in [-0.2, 0) is 31.7 Å². The number of rotatable bonds is 10. The molecular weight excluding hydrogens is 475 g/mol. The molecule has 1 saturated heterocycles. The molecule has 2 unspecified atom stereocenters. The van der Waals surface area contributed by atoms with Crippen LogP contribution in [0.1, 0.15) is 65.5 Å². The molecule has 0 radical (unpaired) electrons. The van der Waals surface area contributed by atoms with Gasteiger partial charge in [-0.25, -0.2) is 0 Å². The maximum atomic E-state index is 13.2. The van der Waals surface area contributed by atoms with E-state index < -0.39 is 42.8 Å². The van der Waals surface area contributed by atoms with Gasteiger partial charge in [0.05, 0.1) is 38.0 Å². The van der Waals surface area contributed by atoms with Gasteiger partial charge in [-0.2, -0.15) is 0 Å². The molecule has 3 atom stereocenters. The lowest BCUT2D eigenvalue weighted by Crippen LogP contribution is -2.56. The number of benzene rings is 1. The van der Waals surface area contributed by atoms with Gasteiger partial charge in [-0.1, -0.05) is 13.8 Å². The van der Waals surface area contributed by atoms with Crippen LogP contribution in [0.4, 0.5) is 0 Å². The molecule has 3 rings (SSSR count). The molecule has 10 heteroatoms. The number of ether oxygens (including phenoxy) is 2. The number of amides is 2. The number of fused-ring (bicyclic) bond motifs is 1. The van der Waals surface area contributed by atoms with E-state index in [0.29, 0.717) is 31.4 Å². The van der Waals surface area contributed by atoms with Crippen molar-refractivity contribution >= 4 is 18.9 Å². The van der Waals surface area contributed by atoms with E-state index in [2.05, 4.69) is 24.5 Å². The number of methoxy groups -OCH3 is 2. The highest BCUT2D eigenvalue weighted by molar-refractivity contribution is 6.48. The lowest BCUT2D eigenvalue weighted by atomic mass is 9.74. The van der Waals surface area contributed by atoms with Gasteiger partial charge >= 0.3 is 7.12 Å². The standard InChI is InChI=1S/C27H43BN2O7/c1-16(2)13-23(28-36-26(3,4)27(5,6)37-28)30-25(33)20(15-31)29-24(32)17-9-10-18-19(14-17)22(35-8)12-11-21(18)34-7/h11-12,16-17,20,23,31H,9-10,13-15H2,1-8H3,(H,29,32)(H,30,33)/t17?,20-,23?/m0/s1. The lowest BCUT2D eigenvalue weighted by Gasteiger charge is -2.32. The first kappa shape index (κ1) is 29.3. The second kappa shape index (κ2) is 11.6. The molecule has 2 aliphatic rings. The Balaban J connectivity index is 1.69. The Bertz CT molecular complexity index is 966. The summed E-state index contributed by atoms with van der Waals surface area (Å²) in [6.45, 7) is 11.4. The molecule has 1 aliphatic carbocycles. The first-order valence-corrected chi connectivity index (χ1v) is 13.1. The number of carbonyl (C=O) groups excluding carboxylic acids is 2. The van der Waals surface area contributed by atoms with Gasteiger partial charge in [0, 0.05) is 17.0 Å². The minimum atomic E-state index is -1.09. The van der Waals surface area contributed by atoms with E-state index in [1.54, 1.807) is 14.2 Å². The fraction of sp³-hybridized carbons (Fsp3) is 0.704. The Labute approximate surface area is 221 Å². The molecule has 0 bridgehead atoms. The molecule has 1 aromatic carbocycles. The highest BCUT2D eigenvalue weighted by Gasteiger charge is 2.54. The van der Waals surface area contributed by atoms with E-state index >= 15 is 0 Å². The quantitative estimate of drug-likeness (QED) is 0.408. The maximum Gasteiger partial charge on any atom is 0.481 e. The normalized spacial score (nSPS) is 21.7. The van der Waals surface area contributed by atoms with Crippen LogP contribution < -0.4 is 20.1 Å². The molecule has 1 aromatic rings. The van der Waals surface area contributed by atoms with E-state index in [9.17, 15) is 14.7 Å². The van der Waals surface area contributed by atoms with Crippen molar-refractivity contribution in [2.45, 2.75) is 90.4 Å². The van der Waals surface area contributed by atoms with Crippen molar-refractivity contribution in [3.63, 3.8) is 0 Å². The Hall–Kier alpha value is -2.30. The summed E-state index contributed by atoms with van der Waals surface area (Å²) >= 11 is 0. The van der Waals surface area contributed by atoms with E-state index in [1.807, 2.05) is 39.8 Å². The third kappa shape index (κ3) is 6.41. The fourth-order valence-electron chi connectivity index (χ4n) is 4.99. The van der Waals surface area contributed by atoms with Crippen LogP contribution in [0.15, 0.2) is 12.1 Å². The summed E-state index contributed by atoms with van der Waals surface area (Å²) in [7, 11) is 2.59. The predicted molar refractivity (Wildman–Crippen MR) is 142 cm³/mol. The zero-order valence-electron chi connectivity index (χ0n) is 23.5. The van der Waals surface area contributed by atoms with Crippen molar-refractivity contribution in [1.82, 2.24) is 10.6 Å². The summed E-state index contributed by atoms with van der Waals surface area (Å²) in [5.74, 6) is 0.223. The van der Waals surface area contributed by atoms with Crippen molar-refractivity contribution < 1.29 is 33.5 Å². The molecule has 1 heterocycles. The average molecular weight is 518 g/mol. The number of nitrogens with one attached hydrogen (secondary N) is 2. The van der Waals surface area contributed by atoms with Crippen molar-refractivity contribution in [1.29, 1.82) is 0 Å². The highest BCUT2D eigenvalue weighted by atomic mass is 16.7. The Morgan fingerprint density at radius 1 is 1.05 bits per heavy atom. The third-order valence-corrected chi connectivity index (χ3v) is 7.82. The van der Waals surface area contributed by atoms with Gasteiger partial charge in [0.25, 0.3) is 0 Å². The van der Waals surface area contributed by atoms with Crippen LogP contribution in [0.2, 0.25) is 0 Å². The van der Waals surface area contributed by atoms with Crippen LogP contribution >= 0.6 is 0 Å². The van der Waals surface area contributed by atoms with Crippen LogP contribution in [0.5, 0.6) is 11.5 Å². The Morgan fingerprint density at radius 3 is 2.14 bits per heavy atom. The molecule has 0 aromatic heterocycles. The van der Waals surface area contributed by atoms with E-state index in [1.165, 1.54) is 0 Å². The van der Waals surface area contributed by atoms with Crippen molar-refractivity contribution in [3.05, 3.63) is 23.3 Å². The van der Waals surface area contributed by atoms with Crippen molar-refractivity contribution in [2.75, 3.05) is 20.8 Å². The molecule has 37 heavy (non-hydrogen) atoms. The summed E-state index contributed by atoms with van der Waals surface area (Å²) in [6.07, 6.45) is 2.34. The van der Waals surface area contributed by atoms with Crippen LogP contribution in [0, 0.1) is 11.8 Å². The first-order valence-electron chi connectivity index (χ1n) is 13.1. The minimum Gasteiger partial charge on any atom is -0.496 e. The van der Waals surface area contributed by atoms with Gasteiger partial charge in [0.2, 0.25) is 11.8 Å². The summed E-state index contributed by atoms with van der Waals surface area (Å²) in [5, 5.41) is 15.7. The minimum absolute atomic E-state index is 0.265. The summed E-state index contributed by atoms with van der Waals surface area (Å²) in [5.41, 5.74) is 0.907. The lowest BCUT2D eigenvalue weighted by molar-refractivity contribution is -0.132. The van der Waals surface area contributed by atoms with Crippen molar-refractivity contribution in [3.8, 4) is 11.5 Å². The summed E-state index contributed by atoms with van der Waals surface area (Å²) < 4.78 is 23.4. The fourth-order valence-corrected chi connectivity index (χ4v) is 4.99. The third-order valence-electron chi connectivity index (χ3n) is 7.82. The van der Waals surface area contributed by atoms with Gasteiger partial charge < -0.3 is 34.5 Å². The topological polar surface area (TPSA) is 115 Å². The molecule has 9 nitrogen and oxygen atoms in total. The number of aliphatic hydroxyl groups excluding tert-OH is 1. The second-order valence-electron chi connectivity index (χ2n) is 11.5. The van der Waals surface area contributed by atoms with Crippen LogP contribution in [-0.4, -0.2) is 68.1 Å². The zero-order chi connectivity index (χ0) is 27.5. The molecule has 3 N–H and O–H groups in total. The monoisotopic (exact) mass is 518 g/mol. The van der Waals surface area contributed by atoms with E-state index in [0.717, 1.165) is 16.9 Å². The Kier molecular flexibility index (Phi) is 9.19. The molecule has 206 valence electrons. The SMILES string of the molecule is COc1ccc(OC)c2c1CCC(C(=O)N[C@@H](CO)C(=O)NC(CC(C)C)B1OC(C)(C)C(C)(C)O1)C2. The smallest absolute Gasteiger partial charge is 0.481 e. The van der Waals surface area contributed by atoms with Crippen molar-refractivity contribution in [2.24, 2.45) is 11.8 Å². The molecule has 0 saturated carbocycles. The van der Waals surface area contributed by atoms with Crippen LogP contribution in [0.25, 0.3) is 0 Å². The Morgan fingerprint density at radius 2 is 1.62 bits per heavy atom. The van der Waals surface area contributed by atoms with E-state index in [4.69, 9.17) is 18.8 Å². The number of hydrogen-bond acceptors (Lipinski definition) is 7. The molecule has 1 aliphatic heterocycles. The number of aliphatic hydroxyl groups is 1. The van der Waals surface area contributed by atoms with Gasteiger partial charge in [-0.15, -0.1) is 0 Å². The van der Waals surface area contributed by atoms with Gasteiger partial charge in [-0.3, -0.25) is 9.59 Å². The average Bonchev–Trinajstić information content (AvgIpc) is 3.06. The van der Waals surface area contributed by atoms with Crippen LogP contribution in [0.3, 0.4) is 0 Å². The molecule has 1 fully saturated rings. The predicted octanol–water partition coefficient (Wildman–Crippen LogP) is 2.45. The maximum absolute atomic E-state index is 13.2. The molecule has 2 amide bonds. The highest BCUT2D eigenvalue weighted by Crippen LogP contribution is 2.39. The van der Waals surface area contributed by atoms with Gasteiger partial charge in [0.1, 0.15) is 17.5 Å². The number of hydrogen-bond donors (Lipinski definition) is 3. The summed E-state index contributed by atoms with van der Waals surface area (Å²) in [4.78, 5) is 26.4. The number of carbonyl (C=O) groups is 2. The molecule has 0 spiro atoms. The van der Waals surface area contributed by atoms with Gasteiger partial charge in [0.15, 0.2) is 0 Å². The first-order chi connectivity index (χ1) is 17.3. The van der Waals surface area contributed by atoms with Gasteiger partial charge in [-0.05, 0) is 71.4 Å². The van der Waals surface area contributed by atoms with E-state index in [-0.39, 0.29) is 17.7 Å². The summed E-state index contributed by atoms with van der Waals surface area (Å²) in [6, 6.07) is 2.63. The second-order valence-corrected chi connectivity index (χ2v) is 11.5. The largest absolute Gasteiger partial charge is 0.496 e. The zero-order valence-corrected chi connectivity index (χ0v) is 23.5.